The zero-order valence-corrected chi connectivity index (χ0v) is 11.3. The van der Waals surface area contributed by atoms with Crippen LogP contribution in [0.15, 0.2) is 42.5 Å². The average Bonchev–Trinajstić information content (AvgIpc) is 2.43. The molecule has 0 fully saturated rings. The monoisotopic (exact) mass is 256 g/mol. The van der Waals surface area contributed by atoms with Crippen LogP contribution in [0.3, 0.4) is 0 Å². The molecule has 2 aromatic rings. The Kier molecular flexibility index (Phi) is 4.45. The van der Waals surface area contributed by atoms with Crippen LogP contribution in [0.2, 0.25) is 0 Å². The standard InChI is InChI=1S/C17H20O2/c1-2-3-4-5-13-6-8-14(9-7-13)16-12-15(18)10-11-17(16)19/h6-12,18-19H,2-5H2,1H3. The largest absolute Gasteiger partial charge is 0.508 e. The van der Waals surface area contributed by atoms with E-state index in [1.807, 2.05) is 12.1 Å². The van der Waals surface area contributed by atoms with Crippen molar-refractivity contribution in [2.24, 2.45) is 0 Å². The Hall–Kier alpha value is -1.96. The van der Waals surface area contributed by atoms with Crippen molar-refractivity contribution < 1.29 is 10.2 Å². The number of rotatable bonds is 5. The summed E-state index contributed by atoms with van der Waals surface area (Å²) in [5, 5.41) is 19.3. The predicted molar refractivity (Wildman–Crippen MR) is 78.4 cm³/mol. The number of hydrogen-bond acceptors (Lipinski definition) is 2. The summed E-state index contributed by atoms with van der Waals surface area (Å²) in [6.07, 6.45) is 4.80. The van der Waals surface area contributed by atoms with Crippen LogP contribution in [0.25, 0.3) is 11.1 Å². The van der Waals surface area contributed by atoms with Crippen LogP contribution >= 0.6 is 0 Å². The maximum Gasteiger partial charge on any atom is 0.123 e. The molecular weight excluding hydrogens is 236 g/mol. The van der Waals surface area contributed by atoms with E-state index >= 15 is 0 Å². The molecule has 2 rings (SSSR count). The van der Waals surface area contributed by atoms with Gasteiger partial charge in [-0.1, -0.05) is 44.0 Å². The highest BCUT2D eigenvalue weighted by Gasteiger charge is 2.05. The number of hydrogen-bond donors (Lipinski definition) is 2. The second kappa shape index (κ2) is 6.28. The topological polar surface area (TPSA) is 40.5 Å². The molecule has 0 aliphatic heterocycles. The quantitative estimate of drug-likeness (QED) is 0.611. The molecule has 0 aliphatic rings. The minimum absolute atomic E-state index is 0.167. The van der Waals surface area contributed by atoms with Crippen molar-refractivity contribution in [3.63, 3.8) is 0 Å². The van der Waals surface area contributed by atoms with Crippen LogP contribution in [-0.2, 0) is 6.42 Å². The van der Waals surface area contributed by atoms with Gasteiger partial charge < -0.3 is 10.2 Å². The van der Waals surface area contributed by atoms with Gasteiger partial charge in [-0.3, -0.25) is 0 Å². The van der Waals surface area contributed by atoms with Crippen molar-refractivity contribution in [3.8, 4) is 22.6 Å². The van der Waals surface area contributed by atoms with Crippen LogP contribution in [0, 0.1) is 0 Å². The Morgan fingerprint density at radius 3 is 2.32 bits per heavy atom. The van der Waals surface area contributed by atoms with Crippen molar-refractivity contribution in [1.82, 2.24) is 0 Å². The van der Waals surface area contributed by atoms with Crippen molar-refractivity contribution in [3.05, 3.63) is 48.0 Å². The number of phenolic OH excluding ortho intramolecular Hbond substituents is 2. The molecule has 19 heavy (non-hydrogen) atoms. The molecule has 0 atom stereocenters. The maximum atomic E-state index is 9.82. The lowest BCUT2D eigenvalue weighted by Gasteiger charge is -2.07. The maximum absolute atomic E-state index is 9.82. The van der Waals surface area contributed by atoms with Gasteiger partial charge in [-0.25, -0.2) is 0 Å². The molecule has 0 bridgehead atoms. The van der Waals surface area contributed by atoms with E-state index in [9.17, 15) is 10.2 Å². The number of benzene rings is 2. The van der Waals surface area contributed by atoms with Gasteiger partial charge in [0.1, 0.15) is 11.5 Å². The highest BCUT2D eigenvalue weighted by molar-refractivity contribution is 5.71. The SMILES string of the molecule is CCCCCc1ccc(-c2cc(O)ccc2O)cc1. The summed E-state index contributed by atoms with van der Waals surface area (Å²) >= 11 is 0. The van der Waals surface area contributed by atoms with Gasteiger partial charge >= 0.3 is 0 Å². The van der Waals surface area contributed by atoms with Crippen molar-refractivity contribution in [2.45, 2.75) is 32.6 Å². The molecule has 0 radical (unpaired) electrons. The van der Waals surface area contributed by atoms with Crippen molar-refractivity contribution >= 4 is 0 Å². The van der Waals surface area contributed by atoms with Gasteiger partial charge in [0, 0.05) is 5.56 Å². The molecule has 2 nitrogen and oxygen atoms in total. The van der Waals surface area contributed by atoms with Gasteiger partial charge in [-0.15, -0.1) is 0 Å². The molecule has 0 saturated heterocycles. The minimum Gasteiger partial charge on any atom is -0.508 e. The fourth-order valence-corrected chi connectivity index (χ4v) is 2.19. The summed E-state index contributed by atoms with van der Waals surface area (Å²) in [7, 11) is 0. The van der Waals surface area contributed by atoms with E-state index in [-0.39, 0.29) is 11.5 Å². The van der Waals surface area contributed by atoms with Gasteiger partial charge in [0.2, 0.25) is 0 Å². The average molecular weight is 256 g/mol. The van der Waals surface area contributed by atoms with E-state index in [0.29, 0.717) is 5.56 Å². The number of phenols is 2. The van der Waals surface area contributed by atoms with Crippen LogP contribution < -0.4 is 0 Å². The number of aryl methyl sites for hydroxylation is 1. The lowest BCUT2D eigenvalue weighted by atomic mass is 10.0. The molecule has 100 valence electrons. The second-order valence-corrected chi connectivity index (χ2v) is 4.86. The molecule has 0 saturated carbocycles. The Morgan fingerprint density at radius 2 is 1.63 bits per heavy atom. The van der Waals surface area contributed by atoms with Crippen molar-refractivity contribution in [2.75, 3.05) is 0 Å². The molecule has 0 aromatic heterocycles. The molecule has 2 N–H and O–H groups in total. The van der Waals surface area contributed by atoms with Gasteiger partial charge in [0.25, 0.3) is 0 Å². The Balaban J connectivity index is 2.15. The smallest absolute Gasteiger partial charge is 0.123 e. The van der Waals surface area contributed by atoms with E-state index in [0.717, 1.165) is 12.0 Å². The molecule has 2 heteroatoms. The van der Waals surface area contributed by atoms with E-state index in [1.54, 1.807) is 6.07 Å². The highest BCUT2D eigenvalue weighted by Crippen LogP contribution is 2.32. The predicted octanol–water partition coefficient (Wildman–Crippen LogP) is 4.50. The van der Waals surface area contributed by atoms with Gasteiger partial charge in [0.15, 0.2) is 0 Å². The highest BCUT2D eigenvalue weighted by atomic mass is 16.3. The summed E-state index contributed by atoms with van der Waals surface area (Å²) in [5.74, 6) is 0.358. The van der Waals surface area contributed by atoms with Crippen LogP contribution in [-0.4, -0.2) is 10.2 Å². The van der Waals surface area contributed by atoms with Crippen molar-refractivity contribution in [1.29, 1.82) is 0 Å². The molecule has 0 unspecified atom stereocenters. The molecule has 0 amide bonds. The van der Waals surface area contributed by atoms with Crippen LogP contribution in [0.1, 0.15) is 31.7 Å². The molecule has 0 spiro atoms. The van der Waals surface area contributed by atoms with Crippen LogP contribution in [0.4, 0.5) is 0 Å². The molecule has 2 aromatic carbocycles. The van der Waals surface area contributed by atoms with Gasteiger partial charge in [-0.2, -0.15) is 0 Å². The zero-order valence-electron chi connectivity index (χ0n) is 11.3. The van der Waals surface area contributed by atoms with E-state index < -0.39 is 0 Å². The minimum atomic E-state index is 0.167. The summed E-state index contributed by atoms with van der Waals surface area (Å²) < 4.78 is 0. The normalized spacial score (nSPS) is 10.6. The lowest BCUT2D eigenvalue weighted by molar-refractivity contribution is 0.462. The summed E-state index contributed by atoms with van der Waals surface area (Å²) in [4.78, 5) is 0. The first kappa shape index (κ1) is 13.5. The Labute approximate surface area is 114 Å². The summed E-state index contributed by atoms with van der Waals surface area (Å²) in [6.45, 7) is 2.20. The first-order chi connectivity index (χ1) is 9.20. The van der Waals surface area contributed by atoms with Crippen LogP contribution in [0.5, 0.6) is 11.5 Å². The fraction of sp³-hybridized carbons (Fsp3) is 0.294. The van der Waals surface area contributed by atoms with E-state index in [2.05, 4.69) is 19.1 Å². The molecule has 0 heterocycles. The Bertz CT molecular complexity index is 529. The first-order valence-corrected chi connectivity index (χ1v) is 6.82. The third-order valence-corrected chi connectivity index (χ3v) is 3.31. The fourth-order valence-electron chi connectivity index (χ4n) is 2.19. The molecule has 0 aliphatic carbocycles. The Morgan fingerprint density at radius 1 is 0.895 bits per heavy atom. The summed E-state index contributed by atoms with van der Waals surface area (Å²) in [6, 6.07) is 12.8. The first-order valence-electron chi connectivity index (χ1n) is 6.82. The zero-order chi connectivity index (χ0) is 13.7. The number of unbranched alkanes of at least 4 members (excludes halogenated alkanes) is 2. The van der Waals surface area contributed by atoms with Gasteiger partial charge in [0.05, 0.1) is 0 Å². The summed E-state index contributed by atoms with van der Waals surface area (Å²) in [5.41, 5.74) is 2.91. The van der Waals surface area contributed by atoms with E-state index in [1.165, 1.54) is 37.0 Å². The third kappa shape index (κ3) is 3.50. The third-order valence-electron chi connectivity index (χ3n) is 3.31. The van der Waals surface area contributed by atoms with E-state index in [4.69, 9.17) is 0 Å². The molecular formula is C17H20O2. The number of aromatic hydroxyl groups is 2. The lowest BCUT2D eigenvalue weighted by Crippen LogP contribution is -1.86. The second-order valence-electron chi connectivity index (χ2n) is 4.86. The van der Waals surface area contributed by atoms with Gasteiger partial charge in [-0.05, 0) is 42.2 Å².